The summed E-state index contributed by atoms with van der Waals surface area (Å²) in [4.78, 5) is 50.9. The summed E-state index contributed by atoms with van der Waals surface area (Å²) in [5, 5.41) is 30.2. The highest BCUT2D eigenvalue weighted by atomic mass is 32.1. The number of thiazole rings is 1. The monoisotopic (exact) mass is 512 g/mol. The summed E-state index contributed by atoms with van der Waals surface area (Å²) in [7, 11) is 0. The van der Waals surface area contributed by atoms with Gasteiger partial charge >= 0.3 is 12.2 Å². The highest BCUT2D eigenvalue weighted by molar-refractivity contribution is 7.17. The molecule has 0 aliphatic carbocycles. The zero-order chi connectivity index (χ0) is 26.1. The van der Waals surface area contributed by atoms with Crippen LogP contribution in [0.25, 0.3) is 0 Å². The number of anilines is 3. The number of rotatable bonds is 10. The first-order chi connectivity index (χ1) is 17.2. The van der Waals surface area contributed by atoms with E-state index in [1.165, 1.54) is 6.92 Å². The lowest BCUT2D eigenvalue weighted by molar-refractivity contribution is -0.114. The molecule has 188 valence electrons. The third-order valence-electron chi connectivity index (χ3n) is 4.67. The van der Waals surface area contributed by atoms with E-state index >= 15 is 0 Å². The number of nitrogens with zero attached hydrogens (tertiary/aromatic N) is 1. The van der Waals surface area contributed by atoms with Crippen LogP contribution in [0.2, 0.25) is 0 Å². The van der Waals surface area contributed by atoms with Crippen LogP contribution in [0.3, 0.4) is 0 Å². The van der Waals surface area contributed by atoms with Crippen LogP contribution in [-0.4, -0.2) is 45.5 Å². The van der Waals surface area contributed by atoms with Gasteiger partial charge < -0.3 is 26.2 Å². The molecule has 0 aliphatic heterocycles. The largest absolute Gasteiger partial charge is 0.465 e. The van der Waals surface area contributed by atoms with Crippen molar-refractivity contribution in [3.05, 3.63) is 70.7 Å². The minimum absolute atomic E-state index is 0.290. The van der Waals surface area contributed by atoms with E-state index in [-0.39, 0.29) is 11.8 Å². The van der Waals surface area contributed by atoms with Gasteiger partial charge in [0.1, 0.15) is 4.88 Å². The average Bonchev–Trinajstić information content (AvgIpc) is 3.20. The molecule has 4 amide bonds. The summed E-state index contributed by atoms with van der Waals surface area (Å²) in [5.74, 6) is -0.616. The number of carboxylic acid groups (broad SMARTS) is 2. The molecule has 36 heavy (non-hydrogen) atoms. The number of carbonyl (C=O) groups excluding carboxylic acids is 2. The van der Waals surface area contributed by atoms with Crippen LogP contribution >= 0.6 is 11.3 Å². The van der Waals surface area contributed by atoms with Gasteiger partial charge in [-0.3, -0.25) is 20.2 Å². The Morgan fingerprint density at radius 3 is 2.08 bits per heavy atom. The summed E-state index contributed by atoms with van der Waals surface area (Å²) in [5.41, 5.74) is 2.56. The lowest BCUT2D eigenvalue weighted by Gasteiger charge is -2.19. The van der Waals surface area contributed by atoms with E-state index in [1.807, 2.05) is 28.8 Å². The SMILES string of the molecule is CC(=O)Nc1nc(CCc2ccc(NC(NC(=O)O)NC(=O)O)cc2)c(C(=O)Nc2ccccc2)s1. The number of nitrogens with one attached hydrogen (secondary N) is 5. The standard InChI is InChI=1S/C23H24N6O6S/c1-13(30)24-21-27-17(18(36-21)19(31)25-15-5-3-2-4-6-15)12-9-14-7-10-16(11-8-14)26-20(28-22(32)33)29-23(34)35/h2-8,10-11,20,26,28-29H,9,12H2,1H3,(H,25,31)(H,32,33)(H,34,35)(H,24,27,30). The van der Waals surface area contributed by atoms with Gasteiger partial charge in [-0.05, 0) is 42.7 Å². The molecule has 0 aliphatic rings. The molecular weight excluding hydrogens is 488 g/mol. The van der Waals surface area contributed by atoms with Crippen molar-refractivity contribution in [3.63, 3.8) is 0 Å². The normalized spacial score (nSPS) is 10.4. The first kappa shape index (κ1) is 26.0. The minimum atomic E-state index is -1.40. The molecule has 2 aromatic carbocycles. The quantitative estimate of drug-likeness (QED) is 0.202. The van der Waals surface area contributed by atoms with Crippen LogP contribution in [-0.2, 0) is 17.6 Å². The second kappa shape index (κ2) is 12.2. The molecule has 3 rings (SSSR count). The van der Waals surface area contributed by atoms with Gasteiger partial charge in [0.25, 0.3) is 5.91 Å². The third-order valence-corrected chi connectivity index (χ3v) is 5.68. The van der Waals surface area contributed by atoms with Gasteiger partial charge in [0.05, 0.1) is 5.69 Å². The van der Waals surface area contributed by atoms with Crippen LogP contribution < -0.4 is 26.6 Å². The van der Waals surface area contributed by atoms with E-state index in [0.29, 0.717) is 39.9 Å². The van der Waals surface area contributed by atoms with Crippen LogP contribution in [0.15, 0.2) is 54.6 Å². The molecule has 1 heterocycles. The fourth-order valence-electron chi connectivity index (χ4n) is 3.16. The second-order valence-electron chi connectivity index (χ2n) is 7.47. The van der Waals surface area contributed by atoms with E-state index in [0.717, 1.165) is 16.9 Å². The Labute approximate surface area is 209 Å². The maximum absolute atomic E-state index is 12.9. The van der Waals surface area contributed by atoms with Crippen molar-refractivity contribution < 1.29 is 29.4 Å². The molecule has 0 saturated heterocycles. The Bertz CT molecular complexity index is 1220. The highest BCUT2D eigenvalue weighted by Crippen LogP contribution is 2.26. The molecular formula is C23H24N6O6S. The molecule has 7 N–H and O–H groups in total. The van der Waals surface area contributed by atoms with Gasteiger partial charge in [-0.15, -0.1) is 0 Å². The number of aryl methyl sites for hydroxylation is 2. The van der Waals surface area contributed by atoms with Gasteiger partial charge in [0, 0.05) is 18.3 Å². The number of amides is 4. The molecule has 1 aromatic heterocycles. The predicted octanol–water partition coefficient (Wildman–Crippen LogP) is 3.37. The lowest BCUT2D eigenvalue weighted by atomic mass is 10.1. The molecule has 0 saturated carbocycles. The smallest absolute Gasteiger partial charge is 0.407 e. The van der Waals surface area contributed by atoms with E-state index in [1.54, 1.807) is 36.4 Å². The Balaban J connectivity index is 1.69. The Hall–Kier alpha value is -4.65. The first-order valence-electron chi connectivity index (χ1n) is 10.7. The number of benzene rings is 2. The fourth-order valence-corrected chi connectivity index (χ4v) is 4.12. The summed E-state index contributed by atoms with van der Waals surface area (Å²) in [6, 6.07) is 15.9. The van der Waals surface area contributed by atoms with Crippen molar-refractivity contribution in [2.45, 2.75) is 26.1 Å². The van der Waals surface area contributed by atoms with Crippen LogP contribution in [0.4, 0.5) is 26.1 Å². The summed E-state index contributed by atoms with van der Waals surface area (Å²) >= 11 is 1.09. The molecule has 0 radical (unpaired) electrons. The molecule has 0 atom stereocenters. The van der Waals surface area contributed by atoms with Crippen LogP contribution in [0.5, 0.6) is 0 Å². The van der Waals surface area contributed by atoms with Crippen LogP contribution in [0, 0.1) is 0 Å². The zero-order valence-electron chi connectivity index (χ0n) is 19.1. The Morgan fingerprint density at radius 2 is 1.50 bits per heavy atom. The minimum Gasteiger partial charge on any atom is -0.465 e. The van der Waals surface area contributed by atoms with Crippen molar-refractivity contribution in [2.24, 2.45) is 0 Å². The Kier molecular flexibility index (Phi) is 8.78. The van der Waals surface area contributed by atoms with Crippen molar-refractivity contribution in [2.75, 3.05) is 16.0 Å². The second-order valence-corrected chi connectivity index (χ2v) is 8.47. The average molecular weight is 513 g/mol. The highest BCUT2D eigenvalue weighted by Gasteiger charge is 2.19. The van der Waals surface area contributed by atoms with Gasteiger partial charge in [-0.1, -0.05) is 41.7 Å². The van der Waals surface area contributed by atoms with Gasteiger partial charge in [-0.2, -0.15) is 0 Å². The molecule has 0 spiro atoms. The number of hydrogen-bond donors (Lipinski definition) is 7. The lowest BCUT2D eigenvalue weighted by Crippen LogP contribution is -2.52. The van der Waals surface area contributed by atoms with Gasteiger partial charge in [0.15, 0.2) is 11.4 Å². The third kappa shape index (κ3) is 7.99. The molecule has 3 aromatic rings. The molecule has 0 bridgehead atoms. The summed E-state index contributed by atoms with van der Waals surface area (Å²) in [6.45, 7) is 1.36. The van der Waals surface area contributed by atoms with E-state index in [2.05, 4.69) is 20.9 Å². The molecule has 0 unspecified atom stereocenters. The molecule has 12 nitrogen and oxygen atoms in total. The summed E-state index contributed by atoms with van der Waals surface area (Å²) in [6.07, 6.45) is -3.08. The molecule has 0 fully saturated rings. The summed E-state index contributed by atoms with van der Waals surface area (Å²) < 4.78 is 0. The number of carbonyl (C=O) groups is 4. The van der Waals surface area contributed by atoms with Crippen LogP contribution in [0.1, 0.15) is 27.9 Å². The first-order valence-corrected chi connectivity index (χ1v) is 11.5. The number of hydrogen-bond acceptors (Lipinski definition) is 7. The van der Waals surface area contributed by atoms with Crippen molar-refractivity contribution in [3.8, 4) is 0 Å². The Morgan fingerprint density at radius 1 is 0.861 bits per heavy atom. The number of para-hydroxylation sites is 1. The van der Waals surface area contributed by atoms with Gasteiger partial charge in [0.2, 0.25) is 5.91 Å². The van der Waals surface area contributed by atoms with Crippen molar-refractivity contribution >= 4 is 51.8 Å². The van der Waals surface area contributed by atoms with E-state index < -0.39 is 18.5 Å². The fraction of sp³-hybridized carbons (Fsp3) is 0.174. The molecule has 13 heteroatoms. The topological polar surface area (TPSA) is 182 Å². The number of aromatic nitrogens is 1. The maximum Gasteiger partial charge on any atom is 0.407 e. The van der Waals surface area contributed by atoms with Crippen molar-refractivity contribution in [1.29, 1.82) is 0 Å². The zero-order valence-corrected chi connectivity index (χ0v) is 19.9. The van der Waals surface area contributed by atoms with E-state index in [4.69, 9.17) is 10.2 Å². The van der Waals surface area contributed by atoms with E-state index in [9.17, 15) is 19.2 Å². The van der Waals surface area contributed by atoms with Gasteiger partial charge in [-0.25, -0.2) is 14.6 Å². The maximum atomic E-state index is 12.9. The van der Waals surface area contributed by atoms with Crippen molar-refractivity contribution in [1.82, 2.24) is 15.6 Å². The predicted molar refractivity (Wildman–Crippen MR) is 134 cm³/mol.